The number of hydrogen-bond acceptors (Lipinski definition) is 2. The fraction of sp³-hybridized carbons (Fsp3) is 0.714. The Morgan fingerprint density at radius 1 is 1.56 bits per heavy atom. The van der Waals surface area contributed by atoms with E-state index in [0.29, 0.717) is 6.04 Å². The summed E-state index contributed by atoms with van der Waals surface area (Å²) in [5.41, 5.74) is 0. The molecule has 0 spiro atoms. The predicted molar refractivity (Wildman–Crippen MR) is 84.6 cm³/mol. The van der Waals surface area contributed by atoms with Crippen LogP contribution in [-0.4, -0.2) is 6.54 Å². The fourth-order valence-corrected chi connectivity index (χ4v) is 4.84. The second kappa shape index (κ2) is 6.74. The van der Waals surface area contributed by atoms with Crippen LogP contribution >= 0.6 is 38.9 Å². The first-order chi connectivity index (χ1) is 8.63. The van der Waals surface area contributed by atoms with Gasteiger partial charge in [0.25, 0.3) is 0 Å². The maximum atomic E-state index is 6.19. The maximum Gasteiger partial charge on any atom is 0.107 e. The van der Waals surface area contributed by atoms with Gasteiger partial charge in [-0.05, 0) is 53.2 Å². The first-order valence-corrected chi connectivity index (χ1v) is 8.80. The third-order valence-electron chi connectivity index (χ3n) is 3.94. The molecule has 1 nitrogen and oxygen atoms in total. The average molecular weight is 351 g/mol. The number of hydrogen-bond donors (Lipinski definition) is 1. The van der Waals surface area contributed by atoms with Crippen LogP contribution < -0.4 is 5.32 Å². The highest BCUT2D eigenvalue weighted by Gasteiger charge is 2.32. The van der Waals surface area contributed by atoms with Crippen molar-refractivity contribution in [2.75, 3.05) is 6.54 Å². The highest BCUT2D eigenvalue weighted by molar-refractivity contribution is 9.10. The minimum atomic E-state index is 0.483. The van der Waals surface area contributed by atoms with E-state index in [9.17, 15) is 0 Å². The summed E-state index contributed by atoms with van der Waals surface area (Å²) in [4.78, 5) is 1.39. The normalized spacial score (nSPS) is 25.6. The highest BCUT2D eigenvalue weighted by atomic mass is 79.9. The lowest BCUT2D eigenvalue weighted by Gasteiger charge is -2.27. The van der Waals surface area contributed by atoms with Gasteiger partial charge in [0.05, 0.1) is 0 Å². The summed E-state index contributed by atoms with van der Waals surface area (Å²) in [5.74, 6) is 1.58. The van der Waals surface area contributed by atoms with Crippen molar-refractivity contribution in [2.24, 2.45) is 11.8 Å². The molecule has 1 aromatic rings. The van der Waals surface area contributed by atoms with Gasteiger partial charge in [-0.25, -0.2) is 0 Å². The molecule has 3 atom stereocenters. The summed E-state index contributed by atoms with van der Waals surface area (Å²) in [6, 6.07) is 2.68. The van der Waals surface area contributed by atoms with Gasteiger partial charge in [0.1, 0.15) is 4.34 Å². The molecule has 102 valence electrons. The first-order valence-electron chi connectivity index (χ1n) is 6.81. The van der Waals surface area contributed by atoms with Crippen molar-refractivity contribution in [3.63, 3.8) is 0 Å². The van der Waals surface area contributed by atoms with E-state index in [1.54, 1.807) is 11.3 Å². The minimum Gasteiger partial charge on any atom is -0.309 e. The molecule has 4 heteroatoms. The molecule has 0 aromatic carbocycles. The van der Waals surface area contributed by atoms with Crippen LogP contribution in [0, 0.1) is 11.8 Å². The summed E-state index contributed by atoms with van der Waals surface area (Å²) in [6.07, 6.45) is 5.26. The van der Waals surface area contributed by atoms with E-state index >= 15 is 0 Å². The van der Waals surface area contributed by atoms with Crippen molar-refractivity contribution in [1.29, 1.82) is 0 Å². The summed E-state index contributed by atoms with van der Waals surface area (Å²) < 4.78 is 1.91. The first kappa shape index (κ1) is 14.8. The number of halogens is 2. The Kier molecular flexibility index (Phi) is 5.55. The second-order valence-corrected chi connectivity index (χ2v) is 7.81. The van der Waals surface area contributed by atoms with Gasteiger partial charge in [-0.15, -0.1) is 11.3 Å². The Balaban J connectivity index is 2.18. The van der Waals surface area contributed by atoms with Gasteiger partial charge in [0.15, 0.2) is 0 Å². The zero-order valence-electron chi connectivity index (χ0n) is 11.0. The van der Waals surface area contributed by atoms with Crippen molar-refractivity contribution in [1.82, 2.24) is 5.32 Å². The van der Waals surface area contributed by atoms with Crippen molar-refractivity contribution < 1.29 is 0 Å². The lowest BCUT2D eigenvalue weighted by Crippen LogP contribution is -2.29. The Hall–Kier alpha value is 0.430. The highest BCUT2D eigenvalue weighted by Crippen LogP contribution is 2.44. The smallest absolute Gasteiger partial charge is 0.107 e. The van der Waals surface area contributed by atoms with Crippen LogP contribution in [0.15, 0.2) is 10.5 Å². The zero-order chi connectivity index (χ0) is 13.1. The van der Waals surface area contributed by atoms with E-state index in [0.717, 1.165) is 27.2 Å². The topological polar surface area (TPSA) is 12.0 Å². The van der Waals surface area contributed by atoms with Gasteiger partial charge >= 0.3 is 0 Å². The molecule has 3 unspecified atom stereocenters. The zero-order valence-corrected chi connectivity index (χ0v) is 14.2. The predicted octanol–water partition coefficient (Wildman–Crippen LogP) is 5.64. The quantitative estimate of drug-likeness (QED) is 0.724. The van der Waals surface area contributed by atoms with E-state index in [4.69, 9.17) is 11.6 Å². The molecule has 2 rings (SSSR count). The maximum absolute atomic E-state index is 6.19. The molecular weight excluding hydrogens is 330 g/mol. The fourth-order valence-electron chi connectivity index (χ4n) is 2.95. The Morgan fingerprint density at radius 3 is 2.83 bits per heavy atom. The van der Waals surface area contributed by atoms with Crippen molar-refractivity contribution in [3.8, 4) is 0 Å². The largest absolute Gasteiger partial charge is 0.309 e. The number of nitrogens with one attached hydrogen (secondary N) is 1. The van der Waals surface area contributed by atoms with E-state index in [1.807, 2.05) is 0 Å². The van der Waals surface area contributed by atoms with E-state index in [1.165, 1.54) is 30.6 Å². The van der Waals surface area contributed by atoms with E-state index < -0.39 is 0 Å². The van der Waals surface area contributed by atoms with Gasteiger partial charge in [-0.1, -0.05) is 38.3 Å². The van der Waals surface area contributed by atoms with Crippen LogP contribution in [-0.2, 0) is 0 Å². The summed E-state index contributed by atoms with van der Waals surface area (Å²) in [6.45, 7) is 5.70. The minimum absolute atomic E-state index is 0.483. The van der Waals surface area contributed by atoms with Crippen molar-refractivity contribution in [3.05, 3.63) is 19.8 Å². The average Bonchev–Trinajstić information content (AvgIpc) is 2.88. The third kappa shape index (κ3) is 3.30. The summed E-state index contributed by atoms with van der Waals surface area (Å²) in [5, 5.41) is 3.73. The van der Waals surface area contributed by atoms with Gasteiger partial charge < -0.3 is 5.32 Å². The van der Waals surface area contributed by atoms with E-state index in [2.05, 4.69) is 41.2 Å². The molecule has 0 radical (unpaired) electrons. The number of rotatable bonds is 5. The molecule has 1 heterocycles. The van der Waals surface area contributed by atoms with Gasteiger partial charge in [-0.2, -0.15) is 0 Å². The molecule has 0 amide bonds. The molecule has 0 saturated heterocycles. The Bertz CT molecular complexity index is 374. The van der Waals surface area contributed by atoms with Crippen LogP contribution in [0.4, 0.5) is 0 Å². The lowest BCUT2D eigenvalue weighted by atomic mass is 9.89. The Morgan fingerprint density at radius 2 is 2.33 bits per heavy atom. The SMILES string of the molecule is CCCNC(c1cc(Br)c(Cl)s1)C1CCCC1C. The summed E-state index contributed by atoms with van der Waals surface area (Å²) in [7, 11) is 0. The molecular formula is C14H21BrClNS. The molecule has 1 N–H and O–H groups in total. The standard InChI is InChI=1S/C14H21BrClNS/c1-3-7-17-13(10-6-4-5-9(10)2)12-8-11(15)14(16)18-12/h8-10,13,17H,3-7H2,1-2H3. The van der Waals surface area contributed by atoms with Crippen LogP contribution in [0.3, 0.4) is 0 Å². The number of thiophene rings is 1. The molecule has 1 aliphatic rings. The van der Waals surface area contributed by atoms with Gasteiger partial charge in [-0.3, -0.25) is 0 Å². The van der Waals surface area contributed by atoms with Crippen LogP contribution in [0.25, 0.3) is 0 Å². The van der Waals surface area contributed by atoms with Gasteiger partial charge in [0, 0.05) is 15.4 Å². The van der Waals surface area contributed by atoms with Crippen LogP contribution in [0.2, 0.25) is 4.34 Å². The van der Waals surface area contributed by atoms with Gasteiger partial charge in [0.2, 0.25) is 0 Å². The molecule has 0 bridgehead atoms. The second-order valence-electron chi connectivity index (χ2n) is 5.27. The molecule has 1 aromatic heterocycles. The molecule has 1 saturated carbocycles. The van der Waals surface area contributed by atoms with Crippen molar-refractivity contribution >= 4 is 38.9 Å². The molecule has 18 heavy (non-hydrogen) atoms. The van der Waals surface area contributed by atoms with E-state index in [-0.39, 0.29) is 0 Å². The lowest BCUT2D eigenvalue weighted by molar-refractivity contribution is 0.305. The summed E-state index contributed by atoms with van der Waals surface area (Å²) >= 11 is 11.4. The molecule has 1 aliphatic carbocycles. The van der Waals surface area contributed by atoms with Crippen LogP contribution in [0.1, 0.15) is 50.4 Å². The Labute approximate surface area is 127 Å². The monoisotopic (exact) mass is 349 g/mol. The van der Waals surface area contributed by atoms with Crippen LogP contribution in [0.5, 0.6) is 0 Å². The third-order valence-corrected chi connectivity index (χ3v) is 6.50. The van der Waals surface area contributed by atoms with Crippen molar-refractivity contribution in [2.45, 2.75) is 45.6 Å². The molecule has 0 aliphatic heterocycles. The molecule has 1 fully saturated rings.